The van der Waals surface area contributed by atoms with Crippen molar-refractivity contribution in [1.82, 2.24) is 4.98 Å². The van der Waals surface area contributed by atoms with Gasteiger partial charge in [0.15, 0.2) is 0 Å². The van der Waals surface area contributed by atoms with Gasteiger partial charge in [-0.05, 0) is 54.4 Å². The van der Waals surface area contributed by atoms with Crippen LogP contribution >= 0.6 is 23.2 Å². The molecule has 1 heterocycles. The summed E-state index contributed by atoms with van der Waals surface area (Å²) >= 11 is 12.3. The number of halogens is 2. The van der Waals surface area contributed by atoms with Crippen LogP contribution in [0.3, 0.4) is 0 Å². The quantitative estimate of drug-likeness (QED) is 0.558. The lowest BCUT2D eigenvalue weighted by molar-refractivity contribution is -0.116. The fraction of sp³-hybridized carbons (Fsp3) is 0.130. The molecule has 0 saturated heterocycles. The molecule has 3 rings (SSSR count). The Morgan fingerprint density at radius 3 is 2.48 bits per heavy atom. The highest BCUT2D eigenvalue weighted by Gasteiger charge is 2.18. The zero-order valence-electron chi connectivity index (χ0n) is 16.8. The highest BCUT2D eigenvalue weighted by atomic mass is 35.5. The molecule has 2 amide bonds. The molecular formula is C23H18Cl2N4O2. The fourth-order valence-electron chi connectivity index (χ4n) is 3.12. The first kappa shape index (κ1) is 22.3. The number of hydrogen-bond acceptors (Lipinski definition) is 4. The zero-order chi connectivity index (χ0) is 22.5. The van der Waals surface area contributed by atoms with E-state index in [0.717, 1.165) is 5.56 Å². The summed E-state index contributed by atoms with van der Waals surface area (Å²) in [5, 5.41) is 12.8. The van der Waals surface area contributed by atoms with E-state index in [-0.39, 0.29) is 18.2 Å². The molecule has 0 aliphatic heterocycles. The Morgan fingerprint density at radius 1 is 1.13 bits per heavy atom. The molecule has 2 aromatic carbocycles. The molecule has 1 aromatic heterocycles. The number of pyridine rings is 1. The molecule has 6 nitrogen and oxygen atoms in total. The number of aryl methyl sites for hydroxylation is 1. The van der Waals surface area contributed by atoms with Crippen molar-refractivity contribution in [2.75, 3.05) is 10.2 Å². The lowest BCUT2D eigenvalue weighted by Crippen LogP contribution is -2.24. The molecule has 31 heavy (non-hydrogen) atoms. The highest BCUT2D eigenvalue weighted by Crippen LogP contribution is 2.28. The van der Waals surface area contributed by atoms with Crippen LogP contribution in [0.25, 0.3) is 0 Å². The van der Waals surface area contributed by atoms with Gasteiger partial charge in [-0.1, -0.05) is 29.3 Å². The Hall–Kier alpha value is -3.40. The van der Waals surface area contributed by atoms with Gasteiger partial charge in [-0.25, -0.2) is 4.98 Å². The number of nitrogens with zero attached hydrogens (tertiary/aromatic N) is 3. The second kappa shape index (κ2) is 9.61. The van der Waals surface area contributed by atoms with Crippen molar-refractivity contribution in [3.8, 4) is 6.07 Å². The number of amides is 2. The molecule has 156 valence electrons. The van der Waals surface area contributed by atoms with E-state index in [1.54, 1.807) is 48.5 Å². The molecule has 1 N–H and O–H groups in total. The number of rotatable bonds is 5. The van der Waals surface area contributed by atoms with E-state index < -0.39 is 0 Å². The van der Waals surface area contributed by atoms with Crippen LogP contribution < -0.4 is 10.2 Å². The first-order valence-corrected chi connectivity index (χ1v) is 10.1. The number of carbonyl (C=O) groups is 2. The second-order valence-electron chi connectivity index (χ2n) is 6.85. The van der Waals surface area contributed by atoms with Crippen LogP contribution in [0.15, 0.2) is 54.7 Å². The minimum absolute atomic E-state index is 0.00397. The average Bonchev–Trinajstić information content (AvgIpc) is 2.70. The monoisotopic (exact) mass is 452 g/mol. The summed E-state index contributed by atoms with van der Waals surface area (Å²) in [4.78, 5) is 30.6. The number of aromatic nitrogens is 1. The van der Waals surface area contributed by atoms with Gasteiger partial charge in [0.25, 0.3) is 0 Å². The molecule has 0 unspecified atom stereocenters. The highest BCUT2D eigenvalue weighted by molar-refractivity contribution is 6.36. The van der Waals surface area contributed by atoms with Crippen LogP contribution in [-0.4, -0.2) is 16.8 Å². The summed E-state index contributed by atoms with van der Waals surface area (Å²) in [6.07, 6.45) is 1.49. The van der Waals surface area contributed by atoms with E-state index in [1.807, 2.05) is 6.92 Å². The van der Waals surface area contributed by atoms with Gasteiger partial charge < -0.3 is 5.32 Å². The predicted molar refractivity (Wildman–Crippen MR) is 122 cm³/mol. The number of nitrogens with one attached hydrogen (secondary N) is 1. The third-order valence-electron chi connectivity index (χ3n) is 4.42. The Kier molecular flexibility index (Phi) is 6.91. The van der Waals surface area contributed by atoms with Gasteiger partial charge >= 0.3 is 0 Å². The molecule has 0 radical (unpaired) electrons. The molecular weight excluding hydrogens is 435 g/mol. The molecule has 0 aliphatic rings. The van der Waals surface area contributed by atoms with E-state index in [4.69, 9.17) is 23.2 Å². The Balaban J connectivity index is 1.87. The van der Waals surface area contributed by atoms with Crippen LogP contribution in [0, 0.1) is 18.3 Å². The topological polar surface area (TPSA) is 86.1 Å². The Bertz CT molecular complexity index is 1180. The molecule has 0 bridgehead atoms. The summed E-state index contributed by atoms with van der Waals surface area (Å²) in [5.74, 6) is -0.285. The van der Waals surface area contributed by atoms with Crippen molar-refractivity contribution in [2.24, 2.45) is 0 Å². The van der Waals surface area contributed by atoms with Gasteiger partial charge in [0.1, 0.15) is 5.82 Å². The van der Waals surface area contributed by atoms with Crippen molar-refractivity contribution in [2.45, 2.75) is 20.3 Å². The van der Waals surface area contributed by atoms with Gasteiger partial charge in [0, 0.05) is 34.9 Å². The van der Waals surface area contributed by atoms with E-state index in [2.05, 4.69) is 16.4 Å². The first-order chi connectivity index (χ1) is 14.8. The smallest absolute Gasteiger partial charge is 0.229 e. The van der Waals surface area contributed by atoms with Crippen molar-refractivity contribution in [3.05, 3.63) is 81.5 Å². The summed E-state index contributed by atoms with van der Waals surface area (Å²) in [6.45, 7) is 3.24. The maximum absolute atomic E-state index is 12.5. The second-order valence-corrected chi connectivity index (χ2v) is 7.67. The molecule has 0 saturated carbocycles. The van der Waals surface area contributed by atoms with Crippen molar-refractivity contribution < 1.29 is 9.59 Å². The Morgan fingerprint density at radius 2 is 1.84 bits per heavy atom. The lowest BCUT2D eigenvalue weighted by atomic mass is 10.1. The van der Waals surface area contributed by atoms with Crippen molar-refractivity contribution >= 4 is 52.2 Å². The van der Waals surface area contributed by atoms with E-state index in [0.29, 0.717) is 38.4 Å². The summed E-state index contributed by atoms with van der Waals surface area (Å²) < 4.78 is 0. The molecule has 0 aliphatic carbocycles. The lowest BCUT2D eigenvalue weighted by Gasteiger charge is -2.21. The number of hydrogen-bond donors (Lipinski definition) is 1. The van der Waals surface area contributed by atoms with E-state index >= 15 is 0 Å². The predicted octanol–water partition coefficient (Wildman–Crippen LogP) is 5.43. The van der Waals surface area contributed by atoms with Crippen molar-refractivity contribution in [1.29, 1.82) is 5.26 Å². The number of nitriles is 1. The molecule has 3 aromatic rings. The maximum atomic E-state index is 12.5. The fourth-order valence-corrected chi connectivity index (χ4v) is 3.65. The normalized spacial score (nSPS) is 10.3. The van der Waals surface area contributed by atoms with Gasteiger partial charge in [-0.3, -0.25) is 14.5 Å². The van der Waals surface area contributed by atoms with E-state index in [9.17, 15) is 14.9 Å². The summed E-state index contributed by atoms with van der Waals surface area (Å²) in [6, 6.07) is 15.5. The van der Waals surface area contributed by atoms with E-state index in [1.165, 1.54) is 18.0 Å². The number of carbonyl (C=O) groups excluding carboxylic acids is 2. The zero-order valence-corrected chi connectivity index (χ0v) is 18.3. The average molecular weight is 453 g/mol. The standard InChI is InChI=1S/C23H18Cl2N4O2/c1-14-8-16(13-26)10-18(9-14)29(15(2)30)22-11-17(6-7-27-22)28-23(31)12-19-20(24)4-3-5-21(19)25/h3-11H,12H2,1-2H3,(H,27,28,31). The summed E-state index contributed by atoms with van der Waals surface area (Å²) in [5.41, 5.74) is 2.77. The largest absolute Gasteiger partial charge is 0.326 e. The summed E-state index contributed by atoms with van der Waals surface area (Å²) in [7, 11) is 0. The van der Waals surface area contributed by atoms with Crippen LogP contribution in [0.4, 0.5) is 17.2 Å². The molecule has 0 fully saturated rings. The van der Waals surface area contributed by atoms with Gasteiger partial charge in [0.05, 0.1) is 23.7 Å². The van der Waals surface area contributed by atoms with Gasteiger partial charge in [-0.2, -0.15) is 5.26 Å². The van der Waals surface area contributed by atoms with Gasteiger partial charge in [-0.15, -0.1) is 0 Å². The Labute approximate surface area is 190 Å². The van der Waals surface area contributed by atoms with Crippen LogP contribution in [0.1, 0.15) is 23.6 Å². The maximum Gasteiger partial charge on any atom is 0.229 e. The number of anilines is 3. The third kappa shape index (κ3) is 5.40. The van der Waals surface area contributed by atoms with Crippen LogP contribution in [0.2, 0.25) is 10.0 Å². The minimum atomic E-state index is -0.316. The molecule has 0 atom stereocenters. The molecule has 8 heteroatoms. The third-order valence-corrected chi connectivity index (χ3v) is 5.13. The van der Waals surface area contributed by atoms with Crippen molar-refractivity contribution in [3.63, 3.8) is 0 Å². The molecule has 0 spiro atoms. The number of benzene rings is 2. The minimum Gasteiger partial charge on any atom is -0.326 e. The van der Waals surface area contributed by atoms with Crippen LogP contribution in [0.5, 0.6) is 0 Å². The van der Waals surface area contributed by atoms with Gasteiger partial charge in [0.2, 0.25) is 11.8 Å². The van der Waals surface area contributed by atoms with Crippen LogP contribution in [-0.2, 0) is 16.0 Å². The first-order valence-electron chi connectivity index (χ1n) is 9.29. The SMILES string of the molecule is CC(=O)N(c1cc(C)cc(C#N)c1)c1cc(NC(=O)Cc2c(Cl)cccc2Cl)ccn1.